The van der Waals surface area contributed by atoms with Gasteiger partial charge in [-0.3, -0.25) is 4.79 Å². The third-order valence-electron chi connectivity index (χ3n) is 5.38. The Labute approximate surface area is 181 Å². The molecule has 2 fully saturated rings. The molecule has 4 rings (SSSR count). The van der Waals surface area contributed by atoms with Crippen molar-refractivity contribution in [3.8, 4) is 5.75 Å². The first-order valence-corrected chi connectivity index (χ1v) is 12.6. The number of sulfone groups is 1. The molecule has 2 aliphatic rings. The van der Waals surface area contributed by atoms with Crippen LogP contribution < -0.4 is 4.74 Å². The van der Waals surface area contributed by atoms with Crippen molar-refractivity contribution in [1.82, 2.24) is 4.90 Å². The van der Waals surface area contributed by atoms with Gasteiger partial charge in [-0.25, -0.2) is 8.42 Å². The van der Waals surface area contributed by atoms with Crippen molar-refractivity contribution in [2.75, 3.05) is 18.6 Å². The van der Waals surface area contributed by atoms with Gasteiger partial charge in [0.15, 0.2) is 15.0 Å². The lowest BCUT2D eigenvalue weighted by Crippen LogP contribution is -2.37. The highest BCUT2D eigenvalue weighted by atomic mass is 32.2. The second kappa shape index (κ2) is 8.81. The molecule has 0 saturated carbocycles. The molecule has 2 aromatic carbocycles. The maximum Gasteiger partial charge on any atom is 0.248 e. The minimum absolute atomic E-state index is 0.0751. The van der Waals surface area contributed by atoms with Gasteiger partial charge in [0.25, 0.3) is 0 Å². The Kier molecular flexibility index (Phi) is 6.15. The van der Waals surface area contributed by atoms with E-state index in [1.54, 1.807) is 7.11 Å². The lowest BCUT2D eigenvalue weighted by molar-refractivity contribution is -0.117. The van der Waals surface area contributed by atoms with Crippen molar-refractivity contribution >= 4 is 32.7 Å². The zero-order valence-electron chi connectivity index (χ0n) is 16.7. The Bertz CT molecular complexity index is 1040. The number of aliphatic imine (C=N–C) groups is 1. The highest BCUT2D eigenvalue weighted by Gasteiger charge is 2.48. The Morgan fingerprint density at radius 3 is 2.53 bits per heavy atom. The third kappa shape index (κ3) is 4.87. The molecular weight excluding hydrogens is 420 g/mol. The minimum Gasteiger partial charge on any atom is -0.497 e. The first-order chi connectivity index (χ1) is 14.4. The van der Waals surface area contributed by atoms with Crippen molar-refractivity contribution in [3.05, 3.63) is 65.7 Å². The van der Waals surface area contributed by atoms with Crippen LogP contribution >= 0.6 is 11.8 Å². The number of aryl methyl sites for hydroxylation is 1. The summed E-state index contributed by atoms with van der Waals surface area (Å²) in [5.74, 6) is 0.834. The van der Waals surface area contributed by atoms with Crippen LogP contribution in [0.25, 0.3) is 0 Å². The van der Waals surface area contributed by atoms with Gasteiger partial charge in [0.1, 0.15) is 5.75 Å². The summed E-state index contributed by atoms with van der Waals surface area (Å²) < 4.78 is 29.5. The number of amidine groups is 1. The molecule has 2 atom stereocenters. The number of thioether (sulfide) groups is 1. The van der Waals surface area contributed by atoms with E-state index in [1.807, 2.05) is 59.5 Å². The molecule has 8 heteroatoms. The number of rotatable bonds is 6. The zero-order chi connectivity index (χ0) is 21.1. The molecule has 0 N–H and O–H groups in total. The van der Waals surface area contributed by atoms with Crippen LogP contribution in [-0.2, 0) is 27.6 Å². The van der Waals surface area contributed by atoms with Crippen LogP contribution in [0.4, 0.5) is 0 Å². The lowest BCUT2D eigenvalue weighted by atomic mass is 10.1. The number of ether oxygens (including phenoxy) is 1. The molecule has 158 valence electrons. The Balaban J connectivity index is 1.51. The van der Waals surface area contributed by atoms with Crippen molar-refractivity contribution in [3.63, 3.8) is 0 Å². The fourth-order valence-electron chi connectivity index (χ4n) is 3.81. The summed E-state index contributed by atoms with van der Waals surface area (Å²) in [5.41, 5.74) is 2.12. The first-order valence-electron chi connectivity index (χ1n) is 9.85. The molecule has 0 aliphatic carbocycles. The van der Waals surface area contributed by atoms with E-state index in [0.717, 1.165) is 16.9 Å². The average Bonchev–Trinajstić information content (AvgIpc) is 3.19. The van der Waals surface area contributed by atoms with Crippen LogP contribution in [0.3, 0.4) is 0 Å². The molecule has 2 unspecified atom stereocenters. The van der Waals surface area contributed by atoms with Crippen molar-refractivity contribution in [1.29, 1.82) is 0 Å². The van der Waals surface area contributed by atoms with Gasteiger partial charge in [-0.1, -0.05) is 54.2 Å². The predicted molar refractivity (Wildman–Crippen MR) is 120 cm³/mol. The largest absolute Gasteiger partial charge is 0.497 e. The second-order valence-electron chi connectivity index (χ2n) is 7.55. The van der Waals surface area contributed by atoms with Gasteiger partial charge in [0, 0.05) is 18.2 Å². The number of carbonyl (C=O) groups is 1. The van der Waals surface area contributed by atoms with Crippen molar-refractivity contribution in [2.24, 2.45) is 4.99 Å². The standard InChI is InChI=1S/C22H24N2O4S2/c1-28-18-10-7-17(8-11-18)13-24-19-14-30(26,27)15-20(19)29-22(24)23-21(25)12-9-16-5-3-2-4-6-16/h2-8,10-11,19-20H,9,12-15H2,1H3. The van der Waals surface area contributed by atoms with Crippen LogP contribution in [0.15, 0.2) is 59.6 Å². The fourth-order valence-corrected chi connectivity index (χ4v) is 7.77. The third-order valence-corrected chi connectivity index (χ3v) is 8.63. The van der Waals surface area contributed by atoms with E-state index in [2.05, 4.69) is 4.99 Å². The molecule has 1 amide bonds. The molecule has 0 aromatic heterocycles. The van der Waals surface area contributed by atoms with Gasteiger partial charge < -0.3 is 9.64 Å². The van der Waals surface area contributed by atoms with E-state index in [9.17, 15) is 13.2 Å². The SMILES string of the molecule is COc1ccc(CN2C(=NC(=O)CCc3ccccc3)SC3CS(=O)(=O)CC32)cc1. The average molecular weight is 445 g/mol. The normalized spacial score (nSPS) is 23.5. The summed E-state index contributed by atoms with van der Waals surface area (Å²) in [5, 5.41) is 0.558. The van der Waals surface area contributed by atoms with Crippen LogP contribution in [0.1, 0.15) is 17.5 Å². The van der Waals surface area contributed by atoms with Crippen LogP contribution in [0, 0.1) is 0 Å². The number of carbonyl (C=O) groups excluding carboxylic acids is 1. The van der Waals surface area contributed by atoms with Gasteiger partial charge in [-0.05, 0) is 29.7 Å². The fraction of sp³-hybridized carbons (Fsp3) is 0.364. The smallest absolute Gasteiger partial charge is 0.248 e. The van der Waals surface area contributed by atoms with Crippen molar-refractivity contribution in [2.45, 2.75) is 30.7 Å². The van der Waals surface area contributed by atoms with Gasteiger partial charge in [-0.2, -0.15) is 4.99 Å². The molecule has 6 nitrogen and oxygen atoms in total. The lowest BCUT2D eigenvalue weighted by Gasteiger charge is -2.24. The zero-order valence-corrected chi connectivity index (χ0v) is 18.4. The van der Waals surface area contributed by atoms with Gasteiger partial charge in [-0.15, -0.1) is 0 Å². The summed E-state index contributed by atoms with van der Waals surface area (Å²) >= 11 is 1.42. The summed E-state index contributed by atoms with van der Waals surface area (Å²) in [4.78, 5) is 18.9. The Morgan fingerprint density at radius 1 is 1.10 bits per heavy atom. The summed E-state index contributed by atoms with van der Waals surface area (Å²) in [6, 6.07) is 17.4. The number of benzene rings is 2. The number of methoxy groups -OCH3 is 1. The summed E-state index contributed by atoms with van der Waals surface area (Å²) in [7, 11) is -1.44. The monoisotopic (exact) mass is 444 g/mol. The molecule has 0 bridgehead atoms. The molecular formula is C22H24N2O4S2. The van der Waals surface area contributed by atoms with Crippen molar-refractivity contribution < 1.29 is 17.9 Å². The molecule has 2 aliphatic heterocycles. The van der Waals surface area contributed by atoms with Gasteiger partial charge in [0.2, 0.25) is 5.91 Å². The van der Waals surface area contributed by atoms with E-state index < -0.39 is 9.84 Å². The molecule has 2 heterocycles. The van der Waals surface area contributed by atoms with Crippen LogP contribution in [0.2, 0.25) is 0 Å². The first kappa shape index (κ1) is 20.9. The molecule has 30 heavy (non-hydrogen) atoms. The van der Waals surface area contributed by atoms with E-state index in [1.165, 1.54) is 11.8 Å². The maximum atomic E-state index is 12.5. The van der Waals surface area contributed by atoms with Crippen LogP contribution in [0.5, 0.6) is 5.75 Å². The highest BCUT2D eigenvalue weighted by molar-refractivity contribution is 8.15. The Morgan fingerprint density at radius 2 is 1.83 bits per heavy atom. The minimum atomic E-state index is -3.06. The summed E-state index contributed by atoms with van der Waals surface area (Å²) in [6.45, 7) is 0.512. The van der Waals surface area contributed by atoms with E-state index in [0.29, 0.717) is 24.6 Å². The molecule has 2 saturated heterocycles. The summed E-state index contributed by atoms with van der Waals surface area (Å²) in [6.07, 6.45) is 0.971. The predicted octanol–water partition coefficient (Wildman–Crippen LogP) is 2.93. The van der Waals surface area contributed by atoms with Gasteiger partial charge in [0.05, 0.1) is 24.7 Å². The molecule has 0 spiro atoms. The number of hydrogen-bond acceptors (Lipinski definition) is 5. The molecule has 0 radical (unpaired) electrons. The van der Waals surface area contributed by atoms with E-state index in [-0.39, 0.29) is 28.7 Å². The molecule has 2 aromatic rings. The number of hydrogen-bond donors (Lipinski definition) is 0. The van der Waals surface area contributed by atoms with E-state index in [4.69, 9.17) is 4.74 Å². The highest BCUT2D eigenvalue weighted by Crippen LogP contribution is 2.39. The maximum absolute atomic E-state index is 12.5. The Hall–Kier alpha value is -2.32. The van der Waals surface area contributed by atoms with Crippen LogP contribution in [-0.4, -0.2) is 54.3 Å². The number of fused-ring (bicyclic) bond motifs is 1. The van der Waals surface area contributed by atoms with Gasteiger partial charge >= 0.3 is 0 Å². The quantitative estimate of drug-likeness (QED) is 0.682. The number of nitrogens with zero attached hydrogens (tertiary/aromatic N) is 2. The topological polar surface area (TPSA) is 76.0 Å². The number of amides is 1. The van der Waals surface area contributed by atoms with E-state index >= 15 is 0 Å². The second-order valence-corrected chi connectivity index (χ2v) is 10.9.